The first kappa shape index (κ1) is 22.6. The highest BCUT2D eigenvalue weighted by atomic mass is 19.4. The van der Waals surface area contributed by atoms with E-state index in [0.717, 1.165) is 30.3 Å². The van der Waals surface area contributed by atoms with Crippen molar-refractivity contribution in [3.63, 3.8) is 0 Å². The molecular weight excluding hydrogens is 395 g/mol. The fourth-order valence-corrected chi connectivity index (χ4v) is 2.58. The molecule has 2 rings (SSSR count). The number of benzene rings is 2. The molecule has 0 atom stereocenters. The van der Waals surface area contributed by atoms with E-state index in [2.05, 4.69) is 0 Å². The maximum atomic E-state index is 14.8. The van der Waals surface area contributed by atoms with Crippen molar-refractivity contribution in [2.75, 3.05) is 0 Å². The Labute approximate surface area is 165 Å². The molecule has 29 heavy (non-hydrogen) atoms. The maximum absolute atomic E-state index is 14.8. The average Bonchev–Trinajstić information content (AvgIpc) is 2.60. The highest BCUT2D eigenvalue weighted by molar-refractivity contribution is 5.79. The van der Waals surface area contributed by atoms with Crippen LogP contribution in [0.4, 0.5) is 22.0 Å². The number of halogens is 5. The first-order valence-electron chi connectivity index (χ1n) is 8.80. The van der Waals surface area contributed by atoms with Crippen LogP contribution < -0.4 is 4.74 Å². The zero-order valence-corrected chi connectivity index (χ0v) is 16.3. The fourth-order valence-electron chi connectivity index (χ4n) is 2.58. The predicted molar refractivity (Wildman–Crippen MR) is 96.8 cm³/mol. The molecule has 0 spiro atoms. The molecule has 2 aromatic rings. The first-order valence-corrected chi connectivity index (χ1v) is 8.80. The summed E-state index contributed by atoms with van der Waals surface area (Å²) in [6.45, 7) is 6.26. The van der Waals surface area contributed by atoms with Gasteiger partial charge in [-0.25, -0.2) is 4.79 Å². The maximum Gasteiger partial charge on any atom is 0.416 e. The van der Waals surface area contributed by atoms with Gasteiger partial charge in [-0.15, -0.1) is 0 Å². The van der Waals surface area contributed by atoms with Gasteiger partial charge in [0.2, 0.25) is 0 Å². The summed E-state index contributed by atoms with van der Waals surface area (Å²) in [4.78, 5) is 12.0. The lowest BCUT2D eigenvalue weighted by molar-refractivity contribution is -0.163. The second kappa shape index (κ2) is 8.00. The Morgan fingerprint density at radius 1 is 0.862 bits per heavy atom. The summed E-state index contributed by atoms with van der Waals surface area (Å²) in [7, 11) is 0. The van der Waals surface area contributed by atoms with E-state index in [1.165, 1.54) is 26.0 Å². The predicted octanol–water partition coefficient (Wildman–Crippen LogP) is 5.95. The quantitative estimate of drug-likeness (QED) is 0.431. The van der Waals surface area contributed by atoms with Crippen LogP contribution in [0.2, 0.25) is 0 Å². The molecule has 0 saturated carbocycles. The van der Waals surface area contributed by atoms with E-state index in [1.54, 1.807) is 13.8 Å². The Bertz CT molecular complexity index is 855. The van der Waals surface area contributed by atoms with Crippen LogP contribution in [0.3, 0.4) is 0 Å². The Morgan fingerprint density at radius 2 is 1.38 bits per heavy atom. The molecule has 0 fully saturated rings. The molecular formula is C21H21F5O3. The van der Waals surface area contributed by atoms with Gasteiger partial charge in [-0.1, -0.05) is 18.2 Å². The van der Waals surface area contributed by atoms with Crippen molar-refractivity contribution in [1.82, 2.24) is 0 Å². The van der Waals surface area contributed by atoms with Crippen LogP contribution in [-0.2, 0) is 21.6 Å². The van der Waals surface area contributed by atoms with Crippen LogP contribution in [0.1, 0.15) is 44.4 Å². The minimum absolute atomic E-state index is 0.0966. The summed E-state index contributed by atoms with van der Waals surface area (Å²) in [6, 6.07) is 7.81. The molecule has 0 N–H and O–H groups in total. The van der Waals surface area contributed by atoms with E-state index in [0.29, 0.717) is 6.07 Å². The molecule has 0 aromatic heterocycles. The van der Waals surface area contributed by atoms with Gasteiger partial charge in [0.15, 0.2) is 5.60 Å². The molecule has 3 nitrogen and oxygen atoms in total. The van der Waals surface area contributed by atoms with Crippen LogP contribution in [0.5, 0.6) is 5.75 Å². The zero-order valence-electron chi connectivity index (χ0n) is 16.3. The fraction of sp³-hybridized carbons (Fsp3) is 0.381. The normalized spacial score (nSPS) is 12.8. The number of hydrogen-bond acceptors (Lipinski definition) is 3. The van der Waals surface area contributed by atoms with E-state index in [-0.39, 0.29) is 11.9 Å². The second-order valence-electron chi connectivity index (χ2n) is 7.21. The van der Waals surface area contributed by atoms with Crippen LogP contribution >= 0.6 is 0 Å². The van der Waals surface area contributed by atoms with Crippen LogP contribution in [0.25, 0.3) is 0 Å². The minimum atomic E-state index is -4.91. The summed E-state index contributed by atoms with van der Waals surface area (Å²) in [5.41, 5.74) is -4.55. The van der Waals surface area contributed by atoms with Crippen LogP contribution in [0.15, 0.2) is 48.5 Å². The molecule has 2 aromatic carbocycles. The molecule has 0 bridgehead atoms. The van der Waals surface area contributed by atoms with Gasteiger partial charge in [-0.05, 0) is 58.0 Å². The van der Waals surface area contributed by atoms with Gasteiger partial charge >= 0.3 is 12.1 Å². The van der Waals surface area contributed by atoms with Crippen molar-refractivity contribution >= 4 is 5.97 Å². The van der Waals surface area contributed by atoms with Gasteiger partial charge in [-0.2, -0.15) is 22.0 Å². The second-order valence-corrected chi connectivity index (χ2v) is 7.21. The number of carbonyl (C=O) groups is 1. The van der Waals surface area contributed by atoms with E-state index in [4.69, 9.17) is 9.47 Å². The Morgan fingerprint density at radius 3 is 1.86 bits per heavy atom. The lowest BCUT2D eigenvalue weighted by Gasteiger charge is -2.26. The average molecular weight is 416 g/mol. The lowest BCUT2D eigenvalue weighted by atomic mass is 9.95. The molecule has 8 heteroatoms. The number of esters is 1. The van der Waals surface area contributed by atoms with Gasteiger partial charge in [-0.3, -0.25) is 0 Å². The monoisotopic (exact) mass is 416 g/mol. The van der Waals surface area contributed by atoms with E-state index in [1.807, 2.05) is 0 Å². The topological polar surface area (TPSA) is 35.5 Å². The number of rotatable bonds is 6. The SMILES string of the molecule is CC(C)OC(=O)C(C)(C)Oc1ccc(C(F)(F)c2ccccc2C(F)(F)F)cc1. The third-order valence-electron chi connectivity index (χ3n) is 3.99. The van der Waals surface area contributed by atoms with Crippen LogP contribution in [-0.4, -0.2) is 17.7 Å². The van der Waals surface area contributed by atoms with Gasteiger partial charge in [0, 0.05) is 11.1 Å². The molecule has 0 aliphatic rings. The van der Waals surface area contributed by atoms with Crippen molar-refractivity contribution in [3.05, 3.63) is 65.2 Å². The van der Waals surface area contributed by atoms with Crippen molar-refractivity contribution < 1.29 is 36.2 Å². The third-order valence-corrected chi connectivity index (χ3v) is 3.99. The van der Waals surface area contributed by atoms with E-state index < -0.39 is 40.4 Å². The molecule has 0 heterocycles. The van der Waals surface area contributed by atoms with Gasteiger partial charge in [0.1, 0.15) is 5.75 Å². The Hall–Kier alpha value is -2.64. The Kier molecular flexibility index (Phi) is 6.25. The van der Waals surface area contributed by atoms with Crippen molar-refractivity contribution in [2.45, 2.75) is 51.5 Å². The molecule has 0 aliphatic heterocycles. The highest BCUT2D eigenvalue weighted by Gasteiger charge is 2.43. The van der Waals surface area contributed by atoms with Crippen molar-refractivity contribution in [3.8, 4) is 5.75 Å². The summed E-state index contributed by atoms with van der Waals surface area (Å²) in [5.74, 6) is -4.42. The lowest BCUT2D eigenvalue weighted by Crippen LogP contribution is -2.40. The first-order chi connectivity index (χ1) is 13.2. The molecule has 0 radical (unpaired) electrons. The summed E-state index contributed by atoms with van der Waals surface area (Å²) >= 11 is 0. The van der Waals surface area contributed by atoms with Gasteiger partial charge in [0.25, 0.3) is 5.92 Å². The van der Waals surface area contributed by atoms with Crippen LogP contribution in [0, 0.1) is 0 Å². The molecule has 158 valence electrons. The largest absolute Gasteiger partial charge is 0.476 e. The highest BCUT2D eigenvalue weighted by Crippen LogP contribution is 2.43. The smallest absolute Gasteiger partial charge is 0.416 e. The molecule has 0 amide bonds. The summed E-state index contributed by atoms with van der Waals surface area (Å²) in [6.07, 6.45) is -5.27. The number of carbonyl (C=O) groups excluding carboxylic acids is 1. The molecule has 0 saturated heterocycles. The molecule has 0 unspecified atom stereocenters. The standard InChI is InChI=1S/C21H21F5O3/c1-13(2)28-18(27)19(3,4)29-15-11-9-14(10-12-15)20(22,23)16-7-5-6-8-17(16)21(24,25)26/h5-13H,1-4H3. The number of alkyl halides is 5. The molecule has 0 aliphatic carbocycles. The van der Waals surface area contributed by atoms with Gasteiger partial charge < -0.3 is 9.47 Å². The zero-order chi connectivity index (χ0) is 22.0. The summed E-state index contributed by atoms with van der Waals surface area (Å²) < 4.78 is 79.5. The number of hydrogen-bond donors (Lipinski definition) is 0. The third kappa shape index (κ3) is 5.25. The van der Waals surface area contributed by atoms with Gasteiger partial charge in [0.05, 0.1) is 11.7 Å². The number of ether oxygens (including phenoxy) is 2. The van der Waals surface area contributed by atoms with E-state index >= 15 is 0 Å². The minimum Gasteiger partial charge on any atom is -0.476 e. The summed E-state index contributed by atoms with van der Waals surface area (Å²) in [5, 5.41) is 0. The van der Waals surface area contributed by atoms with Crippen molar-refractivity contribution in [2.24, 2.45) is 0 Å². The van der Waals surface area contributed by atoms with E-state index in [9.17, 15) is 26.7 Å². The Balaban J connectivity index is 2.30. The van der Waals surface area contributed by atoms with Crippen molar-refractivity contribution in [1.29, 1.82) is 0 Å².